The van der Waals surface area contributed by atoms with Crippen LogP contribution in [0.3, 0.4) is 0 Å². The van der Waals surface area contributed by atoms with E-state index in [1.807, 2.05) is 30.5 Å². The molecule has 0 aromatic carbocycles. The molecule has 0 fully saturated rings. The van der Waals surface area contributed by atoms with Crippen molar-refractivity contribution in [2.24, 2.45) is 5.10 Å². The van der Waals surface area contributed by atoms with Crippen molar-refractivity contribution in [2.45, 2.75) is 0 Å². The van der Waals surface area contributed by atoms with Gasteiger partial charge in [0, 0.05) is 24.5 Å². The summed E-state index contributed by atoms with van der Waals surface area (Å²) in [6.45, 7) is 0.808. The molecule has 4 nitrogen and oxygen atoms in total. The van der Waals surface area contributed by atoms with E-state index in [1.54, 1.807) is 18.6 Å². The minimum atomic E-state index is 0.808. The molecule has 1 aromatic heterocycles. The van der Waals surface area contributed by atoms with Crippen molar-refractivity contribution in [3.8, 4) is 6.07 Å². The van der Waals surface area contributed by atoms with Gasteiger partial charge < -0.3 is 5.32 Å². The number of hydrogen-bond acceptors (Lipinski definition) is 3. The molecule has 0 spiro atoms. The Balaban J connectivity index is 1.97. The Hall–Kier alpha value is -2.41. The van der Waals surface area contributed by atoms with Gasteiger partial charge in [-0.25, -0.2) is 0 Å². The number of nitrogens with zero attached hydrogens (tertiary/aromatic N) is 3. The molecule has 4 heteroatoms. The van der Waals surface area contributed by atoms with Gasteiger partial charge >= 0.3 is 6.07 Å². The lowest BCUT2D eigenvalue weighted by Gasteiger charge is -1.97. The highest BCUT2D eigenvalue weighted by atomic mass is 15.2. The lowest BCUT2D eigenvalue weighted by atomic mass is 10.2. The molecule has 0 radical (unpaired) electrons. The van der Waals surface area contributed by atoms with Crippen molar-refractivity contribution in [3.05, 3.63) is 59.0 Å². The second-order valence-corrected chi connectivity index (χ2v) is 3.14. The molecule has 0 atom stereocenters. The summed E-state index contributed by atoms with van der Waals surface area (Å²) in [5.74, 6) is 0. The quantitative estimate of drug-likeness (QED) is 0.568. The van der Waals surface area contributed by atoms with Crippen LogP contribution in [-0.4, -0.2) is 17.7 Å². The van der Waals surface area contributed by atoms with Gasteiger partial charge in [0.15, 0.2) is 0 Å². The van der Waals surface area contributed by atoms with E-state index < -0.39 is 0 Å². The van der Waals surface area contributed by atoms with E-state index in [0.29, 0.717) is 0 Å². The Labute approximate surface area is 93.8 Å². The van der Waals surface area contributed by atoms with E-state index in [2.05, 4.69) is 26.4 Å². The average Bonchev–Trinajstić information content (AvgIpc) is 2.37. The summed E-state index contributed by atoms with van der Waals surface area (Å²) >= 11 is 0. The topological polar surface area (TPSA) is 41.6 Å². The second-order valence-electron chi connectivity index (χ2n) is 3.14. The van der Waals surface area contributed by atoms with E-state index in [-0.39, 0.29) is 0 Å². The van der Waals surface area contributed by atoms with Crippen LogP contribution < -0.4 is 5.32 Å². The summed E-state index contributed by atoms with van der Waals surface area (Å²) in [5.41, 5.74) is 1.90. The largest absolute Gasteiger partial charge is 0.387 e. The molecular weight excluding hydrogens is 200 g/mol. The standard InChI is InChI=1S/C12H11N4/c1-5-13-6-2-11(1)9-15-16-10-12-3-7-14-8-4-12/h1-7,9,14H,8H2/q+1/b15-9+. The number of dihydropyridines is 1. The van der Waals surface area contributed by atoms with Crippen molar-refractivity contribution >= 4 is 6.21 Å². The second kappa shape index (κ2) is 5.47. The molecule has 16 heavy (non-hydrogen) atoms. The zero-order valence-electron chi connectivity index (χ0n) is 8.67. The third-order valence-corrected chi connectivity index (χ3v) is 1.97. The number of hydrogen-bond donors (Lipinski definition) is 1. The van der Waals surface area contributed by atoms with Crippen molar-refractivity contribution < 1.29 is 0 Å². The van der Waals surface area contributed by atoms with Crippen LogP contribution >= 0.6 is 0 Å². The number of allylic oxidation sites excluding steroid dienone is 2. The first kappa shape index (κ1) is 10.1. The van der Waals surface area contributed by atoms with Crippen molar-refractivity contribution in [3.63, 3.8) is 0 Å². The van der Waals surface area contributed by atoms with Crippen LogP contribution in [0.2, 0.25) is 0 Å². The summed E-state index contributed by atoms with van der Waals surface area (Å²) in [5, 5.41) is 6.95. The molecule has 0 unspecified atom stereocenters. The van der Waals surface area contributed by atoms with Gasteiger partial charge in [-0.15, -0.1) is 0 Å². The van der Waals surface area contributed by atoms with Gasteiger partial charge in [0.05, 0.1) is 0 Å². The first-order chi connectivity index (χ1) is 7.95. The van der Waals surface area contributed by atoms with Crippen molar-refractivity contribution in [1.29, 1.82) is 0 Å². The average molecular weight is 211 g/mol. The first-order valence-corrected chi connectivity index (χ1v) is 4.94. The number of pyridine rings is 1. The smallest absolute Gasteiger partial charge is 0.360 e. The summed E-state index contributed by atoms with van der Waals surface area (Å²) in [6, 6.07) is 6.57. The summed E-state index contributed by atoms with van der Waals surface area (Å²) in [6.07, 6.45) is 10.9. The molecule has 78 valence electrons. The zero-order valence-corrected chi connectivity index (χ0v) is 8.67. The summed E-state index contributed by atoms with van der Waals surface area (Å²) < 4.78 is 0. The fourth-order valence-corrected chi connectivity index (χ4v) is 1.17. The maximum Gasteiger partial charge on any atom is 0.360 e. The highest BCUT2D eigenvalue weighted by Crippen LogP contribution is 1.98. The van der Waals surface area contributed by atoms with E-state index in [9.17, 15) is 0 Å². The van der Waals surface area contributed by atoms with Gasteiger partial charge in [0.2, 0.25) is 0 Å². The fraction of sp³-hybridized carbons (Fsp3) is 0.0833. The van der Waals surface area contributed by atoms with Crippen LogP contribution in [0, 0.1) is 6.07 Å². The van der Waals surface area contributed by atoms with Crippen LogP contribution in [0.5, 0.6) is 0 Å². The van der Waals surface area contributed by atoms with Crippen LogP contribution in [-0.2, 0) is 0 Å². The fourth-order valence-electron chi connectivity index (χ4n) is 1.17. The minimum Gasteiger partial charge on any atom is -0.387 e. The summed E-state index contributed by atoms with van der Waals surface area (Å²) in [4.78, 5) is 7.76. The minimum absolute atomic E-state index is 0.808. The van der Waals surface area contributed by atoms with E-state index in [4.69, 9.17) is 0 Å². The molecule has 0 saturated heterocycles. The molecule has 2 heterocycles. The molecule has 0 bridgehead atoms. The predicted molar refractivity (Wildman–Crippen MR) is 64.3 cm³/mol. The van der Waals surface area contributed by atoms with Gasteiger partial charge in [0.1, 0.15) is 21.8 Å². The maximum atomic E-state index is 3.91. The van der Waals surface area contributed by atoms with Crippen LogP contribution in [0.1, 0.15) is 5.56 Å². The zero-order chi connectivity index (χ0) is 11.1. The Bertz CT molecular complexity index is 489. The maximum absolute atomic E-state index is 3.91. The van der Waals surface area contributed by atoms with Crippen molar-refractivity contribution in [2.75, 3.05) is 6.54 Å². The van der Waals surface area contributed by atoms with Gasteiger partial charge in [0.25, 0.3) is 0 Å². The van der Waals surface area contributed by atoms with E-state index in [0.717, 1.165) is 17.7 Å². The van der Waals surface area contributed by atoms with Crippen LogP contribution in [0.15, 0.2) is 53.6 Å². The van der Waals surface area contributed by atoms with Crippen molar-refractivity contribution in [1.82, 2.24) is 10.3 Å². The molecule has 1 aromatic rings. The predicted octanol–water partition coefficient (Wildman–Crippen LogP) is 1.79. The number of rotatable bonds is 1. The third kappa shape index (κ3) is 3.07. The molecule has 1 aliphatic heterocycles. The van der Waals surface area contributed by atoms with Gasteiger partial charge in [-0.05, 0) is 30.5 Å². The van der Waals surface area contributed by atoms with E-state index >= 15 is 0 Å². The Morgan fingerprint density at radius 3 is 3.06 bits per heavy atom. The van der Waals surface area contributed by atoms with Gasteiger partial charge in [-0.2, -0.15) is 0 Å². The molecule has 0 saturated carbocycles. The van der Waals surface area contributed by atoms with Crippen LogP contribution in [0.4, 0.5) is 0 Å². The molecule has 2 rings (SSSR count). The molecule has 1 N–H and O–H groups in total. The number of aromatic nitrogens is 1. The Kier molecular flexibility index (Phi) is 3.46. The van der Waals surface area contributed by atoms with Crippen LogP contribution in [0.25, 0.3) is 4.95 Å². The van der Waals surface area contributed by atoms with Gasteiger partial charge in [-0.1, -0.05) is 0 Å². The SMILES string of the molecule is C(#[N+]/N=C/c1ccncc1)C1=CCNC=C1. The van der Waals surface area contributed by atoms with Gasteiger partial charge in [-0.3, -0.25) is 4.98 Å². The number of nitrogens with one attached hydrogen (secondary N) is 1. The molecular formula is C12H11N4+. The lowest BCUT2D eigenvalue weighted by molar-refractivity contribution is 0.965. The normalized spacial score (nSPS) is 13.9. The monoisotopic (exact) mass is 211 g/mol. The summed E-state index contributed by atoms with van der Waals surface area (Å²) in [7, 11) is 0. The molecule has 0 aliphatic carbocycles. The third-order valence-electron chi connectivity index (χ3n) is 1.97. The first-order valence-electron chi connectivity index (χ1n) is 4.94. The Morgan fingerprint density at radius 1 is 1.44 bits per heavy atom. The van der Waals surface area contributed by atoms with E-state index in [1.165, 1.54) is 0 Å². The Morgan fingerprint density at radius 2 is 2.31 bits per heavy atom. The molecule has 1 aliphatic rings. The highest BCUT2D eigenvalue weighted by molar-refractivity contribution is 5.79. The lowest BCUT2D eigenvalue weighted by Crippen LogP contribution is -2.07. The molecule has 0 amide bonds. The highest BCUT2D eigenvalue weighted by Gasteiger charge is 1.98.